The van der Waals surface area contributed by atoms with E-state index in [1.807, 2.05) is 0 Å². The first-order chi connectivity index (χ1) is 7.15. The molecular weight excluding hydrogens is 194 g/mol. The smallest absolute Gasteiger partial charge is 0.311 e. The fourth-order valence-electron chi connectivity index (χ4n) is 1.10. The van der Waals surface area contributed by atoms with Crippen molar-refractivity contribution in [2.75, 3.05) is 11.9 Å². The van der Waals surface area contributed by atoms with Crippen LogP contribution in [-0.4, -0.2) is 16.5 Å². The molecule has 5 nitrogen and oxygen atoms in total. The van der Waals surface area contributed by atoms with Crippen LogP contribution in [-0.2, 0) is 0 Å². The van der Waals surface area contributed by atoms with Crippen LogP contribution < -0.4 is 5.32 Å². The minimum Gasteiger partial charge on any atom is -0.364 e. The van der Waals surface area contributed by atoms with Crippen molar-refractivity contribution in [2.24, 2.45) is 5.92 Å². The van der Waals surface area contributed by atoms with E-state index in [-0.39, 0.29) is 5.69 Å². The van der Waals surface area contributed by atoms with E-state index < -0.39 is 4.92 Å². The highest BCUT2D eigenvalue weighted by atomic mass is 16.6. The molecule has 0 spiro atoms. The second-order valence-corrected chi connectivity index (χ2v) is 3.52. The zero-order valence-electron chi connectivity index (χ0n) is 8.93. The summed E-state index contributed by atoms with van der Waals surface area (Å²) in [5, 5.41) is 13.7. The Kier molecular flexibility index (Phi) is 4.03. The number of hydrogen-bond donors (Lipinski definition) is 1. The molecule has 1 rings (SSSR count). The van der Waals surface area contributed by atoms with Gasteiger partial charge >= 0.3 is 5.69 Å². The number of nitrogens with one attached hydrogen (secondary N) is 1. The lowest BCUT2D eigenvalue weighted by Crippen LogP contribution is -2.12. The van der Waals surface area contributed by atoms with E-state index >= 15 is 0 Å². The third kappa shape index (κ3) is 3.19. The Hall–Kier alpha value is -1.65. The zero-order valence-corrected chi connectivity index (χ0v) is 8.93. The van der Waals surface area contributed by atoms with Gasteiger partial charge in [-0.15, -0.1) is 0 Å². The van der Waals surface area contributed by atoms with Crippen molar-refractivity contribution >= 4 is 11.5 Å². The summed E-state index contributed by atoms with van der Waals surface area (Å²) >= 11 is 0. The number of nitro groups is 1. The summed E-state index contributed by atoms with van der Waals surface area (Å²) in [4.78, 5) is 14.2. The van der Waals surface area contributed by atoms with E-state index in [1.165, 1.54) is 6.07 Å². The minimum absolute atomic E-state index is 0.0285. The summed E-state index contributed by atoms with van der Waals surface area (Å²) in [6.07, 6.45) is 2.58. The number of rotatable bonds is 5. The van der Waals surface area contributed by atoms with E-state index in [9.17, 15) is 10.1 Å². The number of pyridine rings is 1. The Morgan fingerprint density at radius 3 is 3.00 bits per heavy atom. The van der Waals surface area contributed by atoms with Crippen molar-refractivity contribution in [2.45, 2.75) is 20.3 Å². The van der Waals surface area contributed by atoms with Gasteiger partial charge in [-0.05, 0) is 12.0 Å². The molecule has 1 aromatic rings. The first-order valence-corrected chi connectivity index (χ1v) is 4.98. The molecule has 0 radical (unpaired) electrons. The lowest BCUT2D eigenvalue weighted by molar-refractivity contribution is -0.384. The van der Waals surface area contributed by atoms with E-state index in [1.54, 1.807) is 12.3 Å². The van der Waals surface area contributed by atoms with Crippen LogP contribution in [0.1, 0.15) is 20.3 Å². The van der Waals surface area contributed by atoms with Crippen LogP contribution in [0, 0.1) is 16.0 Å². The molecule has 0 amide bonds. The molecular formula is C10H15N3O2. The minimum atomic E-state index is -0.425. The summed E-state index contributed by atoms with van der Waals surface area (Å²) in [6.45, 7) is 4.87. The predicted molar refractivity (Wildman–Crippen MR) is 58.8 cm³/mol. The second-order valence-electron chi connectivity index (χ2n) is 3.52. The Labute approximate surface area is 88.7 Å². The third-order valence-corrected chi connectivity index (χ3v) is 2.30. The lowest BCUT2D eigenvalue weighted by Gasteiger charge is -2.10. The maximum atomic E-state index is 10.7. The molecule has 0 aliphatic heterocycles. The van der Waals surface area contributed by atoms with Gasteiger partial charge in [-0.1, -0.05) is 20.3 Å². The summed E-state index contributed by atoms with van der Waals surface area (Å²) < 4.78 is 0. The van der Waals surface area contributed by atoms with Crippen LogP contribution in [0.2, 0.25) is 0 Å². The van der Waals surface area contributed by atoms with Crippen molar-refractivity contribution in [3.63, 3.8) is 0 Å². The molecule has 82 valence electrons. The fourth-order valence-corrected chi connectivity index (χ4v) is 1.10. The van der Waals surface area contributed by atoms with Gasteiger partial charge in [0.15, 0.2) is 0 Å². The molecule has 0 aromatic carbocycles. The highest BCUT2D eigenvalue weighted by Crippen LogP contribution is 2.20. The monoisotopic (exact) mass is 209 g/mol. The van der Waals surface area contributed by atoms with E-state index in [4.69, 9.17) is 0 Å². The first-order valence-electron chi connectivity index (χ1n) is 4.98. The van der Waals surface area contributed by atoms with Gasteiger partial charge in [-0.25, -0.2) is 4.98 Å². The van der Waals surface area contributed by atoms with Gasteiger partial charge < -0.3 is 5.32 Å². The van der Waals surface area contributed by atoms with E-state index in [2.05, 4.69) is 24.1 Å². The maximum Gasteiger partial charge on any atom is 0.311 e. The van der Waals surface area contributed by atoms with Gasteiger partial charge in [0.2, 0.25) is 5.82 Å². The SMILES string of the molecule is CCC(C)CNc1ncccc1[N+](=O)[O-]. The van der Waals surface area contributed by atoms with Gasteiger partial charge in [-0.3, -0.25) is 10.1 Å². The third-order valence-electron chi connectivity index (χ3n) is 2.30. The van der Waals surface area contributed by atoms with Crippen molar-refractivity contribution in [3.8, 4) is 0 Å². The number of anilines is 1. The molecule has 1 heterocycles. The van der Waals surface area contributed by atoms with Crippen LogP contribution in [0.4, 0.5) is 11.5 Å². The van der Waals surface area contributed by atoms with Crippen LogP contribution in [0.3, 0.4) is 0 Å². The first kappa shape index (κ1) is 11.4. The quantitative estimate of drug-likeness (QED) is 0.597. The van der Waals surface area contributed by atoms with Crippen molar-refractivity contribution in [1.82, 2.24) is 4.98 Å². The molecule has 5 heteroatoms. The molecule has 0 aliphatic carbocycles. The van der Waals surface area contributed by atoms with Gasteiger partial charge in [-0.2, -0.15) is 0 Å². The van der Waals surface area contributed by atoms with Crippen LogP contribution in [0.25, 0.3) is 0 Å². The molecule has 0 bridgehead atoms. The van der Waals surface area contributed by atoms with Crippen molar-refractivity contribution in [3.05, 3.63) is 28.4 Å². The fraction of sp³-hybridized carbons (Fsp3) is 0.500. The average Bonchev–Trinajstić information content (AvgIpc) is 2.26. The highest BCUT2D eigenvalue weighted by Gasteiger charge is 2.13. The summed E-state index contributed by atoms with van der Waals surface area (Å²) in [6, 6.07) is 3.01. The second kappa shape index (κ2) is 5.29. The van der Waals surface area contributed by atoms with Gasteiger partial charge in [0.1, 0.15) is 0 Å². The molecule has 0 aliphatic rings. The largest absolute Gasteiger partial charge is 0.364 e. The van der Waals surface area contributed by atoms with Crippen molar-refractivity contribution in [1.29, 1.82) is 0 Å². The molecule has 15 heavy (non-hydrogen) atoms. The molecule has 1 N–H and O–H groups in total. The Morgan fingerprint density at radius 1 is 1.67 bits per heavy atom. The normalized spacial score (nSPS) is 12.1. The molecule has 1 unspecified atom stereocenters. The standard InChI is InChI=1S/C10H15N3O2/c1-3-8(2)7-12-10-9(13(14)15)5-4-6-11-10/h4-6,8H,3,7H2,1-2H3,(H,11,12). The average molecular weight is 209 g/mol. The topological polar surface area (TPSA) is 68.1 Å². The molecule has 1 atom stereocenters. The van der Waals surface area contributed by atoms with Crippen LogP contribution >= 0.6 is 0 Å². The Balaban J connectivity index is 2.72. The van der Waals surface area contributed by atoms with Gasteiger partial charge in [0, 0.05) is 18.8 Å². The summed E-state index contributed by atoms with van der Waals surface area (Å²) in [7, 11) is 0. The summed E-state index contributed by atoms with van der Waals surface area (Å²) in [5.74, 6) is 0.828. The van der Waals surface area contributed by atoms with E-state index in [0.29, 0.717) is 18.3 Å². The van der Waals surface area contributed by atoms with Gasteiger partial charge in [0.25, 0.3) is 0 Å². The number of hydrogen-bond acceptors (Lipinski definition) is 4. The zero-order chi connectivity index (χ0) is 11.3. The van der Waals surface area contributed by atoms with E-state index in [0.717, 1.165) is 6.42 Å². The predicted octanol–water partition coefficient (Wildman–Crippen LogP) is 2.45. The van der Waals surface area contributed by atoms with Crippen LogP contribution in [0.5, 0.6) is 0 Å². The Morgan fingerprint density at radius 2 is 2.40 bits per heavy atom. The van der Waals surface area contributed by atoms with Crippen molar-refractivity contribution < 1.29 is 4.92 Å². The molecule has 1 aromatic heterocycles. The molecule has 0 fully saturated rings. The Bertz CT molecular complexity index is 341. The molecule has 0 saturated heterocycles. The summed E-state index contributed by atoms with van der Waals surface area (Å²) in [5.41, 5.74) is 0.0285. The molecule has 0 saturated carbocycles. The van der Waals surface area contributed by atoms with Crippen LogP contribution in [0.15, 0.2) is 18.3 Å². The lowest BCUT2D eigenvalue weighted by atomic mass is 10.1. The van der Waals surface area contributed by atoms with Gasteiger partial charge in [0.05, 0.1) is 4.92 Å². The number of aromatic nitrogens is 1. The number of nitrogens with zero attached hydrogens (tertiary/aromatic N) is 2. The highest BCUT2D eigenvalue weighted by molar-refractivity contribution is 5.54. The maximum absolute atomic E-state index is 10.7.